The van der Waals surface area contributed by atoms with Gasteiger partial charge in [0.05, 0.1) is 18.6 Å². The van der Waals surface area contributed by atoms with Crippen molar-refractivity contribution in [2.24, 2.45) is 0 Å². The van der Waals surface area contributed by atoms with Gasteiger partial charge in [0, 0.05) is 17.5 Å². The lowest BCUT2D eigenvalue weighted by atomic mass is 10.2. The molecule has 9 heteroatoms. The number of nitrogens with one attached hydrogen (secondary N) is 3. The minimum atomic E-state index is -0.751. The SMILES string of the molecule is COc1cc(C(=O)NNC(=O)c2c[nH]c3nc(C)ccc3c2=O)ccc1OC(C)C. The van der Waals surface area contributed by atoms with Gasteiger partial charge < -0.3 is 14.5 Å². The molecule has 3 aromatic rings. The van der Waals surface area contributed by atoms with Crippen LogP contribution in [0.15, 0.2) is 41.3 Å². The average Bonchev–Trinajstić information content (AvgIpc) is 2.71. The van der Waals surface area contributed by atoms with Gasteiger partial charge in [0.15, 0.2) is 11.5 Å². The van der Waals surface area contributed by atoms with Gasteiger partial charge in [-0.3, -0.25) is 25.2 Å². The highest BCUT2D eigenvalue weighted by atomic mass is 16.5. The van der Waals surface area contributed by atoms with Gasteiger partial charge in [0.25, 0.3) is 11.8 Å². The van der Waals surface area contributed by atoms with Crippen LogP contribution < -0.4 is 25.8 Å². The maximum absolute atomic E-state index is 12.5. The van der Waals surface area contributed by atoms with E-state index in [4.69, 9.17) is 9.47 Å². The van der Waals surface area contributed by atoms with Gasteiger partial charge >= 0.3 is 0 Å². The van der Waals surface area contributed by atoms with E-state index in [0.717, 1.165) is 5.69 Å². The van der Waals surface area contributed by atoms with Crippen LogP contribution in [-0.4, -0.2) is 35.0 Å². The summed E-state index contributed by atoms with van der Waals surface area (Å²) in [6.07, 6.45) is 1.21. The van der Waals surface area contributed by atoms with E-state index < -0.39 is 17.2 Å². The van der Waals surface area contributed by atoms with Gasteiger partial charge in [-0.25, -0.2) is 4.98 Å². The van der Waals surface area contributed by atoms with Crippen LogP contribution in [-0.2, 0) is 0 Å². The number of aryl methyl sites for hydroxylation is 1. The number of benzene rings is 1. The van der Waals surface area contributed by atoms with E-state index in [-0.39, 0.29) is 22.6 Å². The number of amides is 2. The topological polar surface area (TPSA) is 122 Å². The highest BCUT2D eigenvalue weighted by Gasteiger charge is 2.16. The molecule has 0 aliphatic heterocycles. The molecule has 0 atom stereocenters. The molecule has 2 heterocycles. The molecule has 0 saturated heterocycles. The summed E-state index contributed by atoms with van der Waals surface area (Å²) < 4.78 is 10.9. The van der Waals surface area contributed by atoms with Gasteiger partial charge in [0.1, 0.15) is 11.2 Å². The normalized spacial score (nSPS) is 10.7. The molecule has 0 fully saturated rings. The van der Waals surface area contributed by atoms with E-state index in [9.17, 15) is 14.4 Å². The van der Waals surface area contributed by atoms with Crippen molar-refractivity contribution in [1.29, 1.82) is 0 Å². The molecule has 0 unspecified atom stereocenters. The maximum atomic E-state index is 12.5. The van der Waals surface area contributed by atoms with Gasteiger partial charge in [-0.1, -0.05) is 0 Å². The zero-order valence-electron chi connectivity index (χ0n) is 17.0. The van der Waals surface area contributed by atoms with Crippen molar-refractivity contribution < 1.29 is 19.1 Å². The fourth-order valence-electron chi connectivity index (χ4n) is 2.78. The summed E-state index contributed by atoms with van der Waals surface area (Å²) in [6.45, 7) is 5.55. The smallest absolute Gasteiger partial charge is 0.275 e. The van der Waals surface area contributed by atoms with Crippen molar-refractivity contribution in [2.45, 2.75) is 26.9 Å². The number of carbonyl (C=O) groups is 2. The van der Waals surface area contributed by atoms with Crippen molar-refractivity contribution in [1.82, 2.24) is 20.8 Å². The number of pyridine rings is 2. The van der Waals surface area contributed by atoms with E-state index >= 15 is 0 Å². The summed E-state index contributed by atoms with van der Waals surface area (Å²) in [6, 6.07) is 7.92. The number of nitrogens with zero attached hydrogens (tertiary/aromatic N) is 1. The number of hydrogen-bond donors (Lipinski definition) is 3. The molecular formula is C21H22N4O5. The third-order valence-corrected chi connectivity index (χ3v) is 4.20. The first-order valence-electron chi connectivity index (χ1n) is 9.24. The second-order valence-electron chi connectivity index (χ2n) is 6.82. The highest BCUT2D eigenvalue weighted by Crippen LogP contribution is 2.28. The number of hydrogen-bond acceptors (Lipinski definition) is 6. The Hall–Kier alpha value is -3.88. The number of ether oxygens (including phenoxy) is 2. The number of hydrazine groups is 1. The van der Waals surface area contributed by atoms with Crippen molar-refractivity contribution >= 4 is 22.8 Å². The molecule has 0 spiro atoms. The monoisotopic (exact) mass is 410 g/mol. The van der Waals surface area contributed by atoms with Crippen LogP contribution in [0.3, 0.4) is 0 Å². The van der Waals surface area contributed by atoms with Gasteiger partial charge in [-0.15, -0.1) is 0 Å². The highest BCUT2D eigenvalue weighted by molar-refractivity contribution is 6.00. The summed E-state index contributed by atoms with van der Waals surface area (Å²) in [5.74, 6) is -0.442. The van der Waals surface area contributed by atoms with Crippen LogP contribution >= 0.6 is 0 Å². The second kappa shape index (κ2) is 8.64. The van der Waals surface area contributed by atoms with Crippen molar-refractivity contribution in [2.75, 3.05) is 7.11 Å². The van der Waals surface area contributed by atoms with E-state index in [1.54, 1.807) is 31.2 Å². The van der Waals surface area contributed by atoms with Crippen LogP contribution in [0.1, 0.15) is 40.3 Å². The van der Waals surface area contributed by atoms with Crippen LogP contribution in [0.25, 0.3) is 11.0 Å². The minimum absolute atomic E-state index is 0.0583. The summed E-state index contributed by atoms with van der Waals surface area (Å²) in [4.78, 5) is 44.4. The lowest BCUT2D eigenvalue weighted by Gasteiger charge is -2.14. The zero-order chi connectivity index (χ0) is 21.8. The van der Waals surface area contributed by atoms with Gasteiger partial charge in [-0.2, -0.15) is 0 Å². The Morgan fingerprint density at radius 3 is 2.50 bits per heavy atom. The summed E-state index contributed by atoms with van der Waals surface area (Å²) in [5, 5.41) is 0.282. The molecule has 9 nitrogen and oxygen atoms in total. The van der Waals surface area contributed by atoms with Crippen molar-refractivity contribution in [3.8, 4) is 11.5 Å². The number of rotatable bonds is 5. The first kappa shape index (κ1) is 20.8. The molecule has 0 aliphatic carbocycles. The van der Waals surface area contributed by atoms with E-state index in [1.807, 2.05) is 13.8 Å². The third kappa shape index (κ3) is 4.40. The molecule has 0 saturated carbocycles. The number of H-pyrrole nitrogens is 1. The van der Waals surface area contributed by atoms with Crippen LogP contribution in [0.4, 0.5) is 0 Å². The summed E-state index contributed by atoms with van der Waals surface area (Å²) >= 11 is 0. The molecule has 0 radical (unpaired) electrons. The molecule has 1 aromatic carbocycles. The first-order valence-corrected chi connectivity index (χ1v) is 9.24. The summed E-state index contributed by atoms with van der Waals surface area (Å²) in [7, 11) is 1.47. The van der Waals surface area contributed by atoms with Crippen LogP contribution in [0, 0.1) is 6.92 Å². The fraction of sp³-hybridized carbons (Fsp3) is 0.238. The molecule has 30 heavy (non-hydrogen) atoms. The van der Waals surface area contributed by atoms with Crippen molar-refractivity contribution in [3.63, 3.8) is 0 Å². The van der Waals surface area contributed by atoms with Gasteiger partial charge in [-0.05, 0) is 51.1 Å². The largest absolute Gasteiger partial charge is 0.493 e. The Morgan fingerprint density at radius 1 is 1.07 bits per heavy atom. The number of methoxy groups -OCH3 is 1. The predicted molar refractivity (Wildman–Crippen MR) is 111 cm³/mol. The molecule has 156 valence electrons. The lowest BCUT2D eigenvalue weighted by molar-refractivity contribution is 0.0845. The number of carbonyl (C=O) groups excluding carboxylic acids is 2. The van der Waals surface area contributed by atoms with E-state index in [2.05, 4.69) is 20.8 Å². The van der Waals surface area contributed by atoms with Crippen LogP contribution in [0.5, 0.6) is 11.5 Å². The molecule has 0 bridgehead atoms. The fourth-order valence-corrected chi connectivity index (χ4v) is 2.78. The Labute approximate surface area is 172 Å². The Morgan fingerprint density at radius 2 is 1.80 bits per heavy atom. The standard InChI is InChI=1S/C21H22N4O5/c1-11(2)30-16-8-6-13(9-17(16)29-4)20(27)24-25-21(28)15-10-22-19-14(18(15)26)7-5-12(3)23-19/h5-11H,1-4H3,(H,24,27)(H,25,28)(H,22,23,26). The molecule has 3 N–H and O–H groups in total. The molecule has 2 amide bonds. The molecule has 0 aliphatic rings. The number of fused-ring (bicyclic) bond motifs is 1. The molecular weight excluding hydrogens is 388 g/mol. The van der Waals surface area contributed by atoms with Crippen molar-refractivity contribution in [3.05, 3.63) is 63.6 Å². The Balaban J connectivity index is 1.74. The zero-order valence-corrected chi connectivity index (χ0v) is 17.0. The molecule has 2 aromatic heterocycles. The number of aromatic nitrogens is 2. The quantitative estimate of drug-likeness (QED) is 0.554. The third-order valence-electron chi connectivity index (χ3n) is 4.20. The minimum Gasteiger partial charge on any atom is -0.493 e. The average molecular weight is 410 g/mol. The van der Waals surface area contributed by atoms with E-state index in [1.165, 1.54) is 19.4 Å². The number of aromatic amines is 1. The maximum Gasteiger partial charge on any atom is 0.275 e. The van der Waals surface area contributed by atoms with E-state index in [0.29, 0.717) is 17.1 Å². The molecule has 3 rings (SSSR count). The summed E-state index contributed by atoms with van der Waals surface area (Å²) in [5.41, 5.74) is 5.27. The van der Waals surface area contributed by atoms with Gasteiger partial charge in [0.2, 0.25) is 5.43 Å². The Bertz CT molecular complexity index is 1170. The Kier molecular flexibility index (Phi) is 6.01. The lowest BCUT2D eigenvalue weighted by Crippen LogP contribution is -2.43. The first-order chi connectivity index (χ1) is 14.3. The second-order valence-corrected chi connectivity index (χ2v) is 6.82. The predicted octanol–water partition coefficient (Wildman–Crippen LogP) is 2.10. The van der Waals surface area contributed by atoms with Crippen LogP contribution in [0.2, 0.25) is 0 Å².